The van der Waals surface area contributed by atoms with Crippen molar-refractivity contribution in [1.29, 1.82) is 0 Å². The summed E-state index contributed by atoms with van der Waals surface area (Å²) in [7, 11) is 0. The van der Waals surface area contributed by atoms with Crippen molar-refractivity contribution < 1.29 is 9.90 Å². The third kappa shape index (κ3) is 3.11. The molecule has 1 atom stereocenters. The molecule has 1 aliphatic rings. The Bertz CT molecular complexity index is 622. The quantitative estimate of drug-likeness (QED) is 0.789. The van der Waals surface area contributed by atoms with Gasteiger partial charge in [0.2, 0.25) is 0 Å². The lowest BCUT2D eigenvalue weighted by molar-refractivity contribution is -0.133. The Morgan fingerprint density at radius 1 is 1.57 bits per heavy atom. The third-order valence-corrected chi connectivity index (χ3v) is 5.20. The first-order valence-corrected chi connectivity index (χ1v) is 8.76. The number of carboxylic acids is 1. The smallest absolute Gasteiger partial charge is 0.313 e. The van der Waals surface area contributed by atoms with Crippen LogP contribution in [0.15, 0.2) is 16.7 Å². The van der Waals surface area contributed by atoms with E-state index in [-0.39, 0.29) is 11.8 Å². The van der Waals surface area contributed by atoms with Crippen LogP contribution in [-0.4, -0.2) is 36.6 Å². The van der Waals surface area contributed by atoms with E-state index < -0.39 is 5.97 Å². The van der Waals surface area contributed by atoms with E-state index in [0.717, 1.165) is 30.1 Å². The van der Waals surface area contributed by atoms with Gasteiger partial charge in [-0.25, -0.2) is 4.98 Å². The van der Waals surface area contributed by atoms with Gasteiger partial charge in [0.05, 0.1) is 11.8 Å². The second-order valence-corrected chi connectivity index (χ2v) is 6.83. The number of hydrogen-bond acceptors (Lipinski definition) is 6. The maximum absolute atomic E-state index is 10.8. The van der Waals surface area contributed by atoms with Crippen LogP contribution in [-0.2, 0) is 4.79 Å². The summed E-state index contributed by atoms with van der Waals surface area (Å²) < 4.78 is 2.10. The molecule has 0 bridgehead atoms. The number of thiazole rings is 1. The highest BCUT2D eigenvalue weighted by molar-refractivity contribution is 7.99. The molecule has 21 heavy (non-hydrogen) atoms. The molecular formula is C13H16N4O2S2. The number of thioether (sulfide) groups is 1. The summed E-state index contributed by atoms with van der Waals surface area (Å²) in [4.78, 5) is 15.2. The minimum Gasteiger partial charge on any atom is -0.481 e. The number of rotatable bonds is 7. The van der Waals surface area contributed by atoms with Crippen molar-refractivity contribution in [2.45, 2.75) is 43.3 Å². The average molecular weight is 324 g/mol. The molecule has 1 unspecified atom stereocenters. The monoisotopic (exact) mass is 324 g/mol. The lowest BCUT2D eigenvalue weighted by Gasteiger charge is -2.18. The molecule has 1 aliphatic carbocycles. The predicted molar refractivity (Wildman–Crippen MR) is 80.9 cm³/mol. The van der Waals surface area contributed by atoms with Crippen LogP contribution in [0.5, 0.6) is 0 Å². The molecule has 1 N–H and O–H groups in total. The number of carboxylic acid groups (broad SMARTS) is 1. The molecule has 3 rings (SSSR count). The zero-order valence-electron chi connectivity index (χ0n) is 11.6. The van der Waals surface area contributed by atoms with Crippen LogP contribution in [0.1, 0.15) is 49.0 Å². The first kappa shape index (κ1) is 14.5. The molecule has 1 fully saturated rings. The van der Waals surface area contributed by atoms with Gasteiger partial charge in [0.1, 0.15) is 10.8 Å². The van der Waals surface area contributed by atoms with Crippen LogP contribution >= 0.6 is 23.1 Å². The number of carbonyl (C=O) groups is 1. The molecule has 0 saturated heterocycles. The highest BCUT2D eigenvalue weighted by Gasteiger charge is 2.33. The van der Waals surface area contributed by atoms with E-state index >= 15 is 0 Å². The number of hydrogen-bond donors (Lipinski definition) is 1. The van der Waals surface area contributed by atoms with Crippen molar-refractivity contribution in [3.63, 3.8) is 0 Å². The number of aliphatic carboxylic acids is 1. The second-order valence-electron chi connectivity index (χ2n) is 4.96. The summed E-state index contributed by atoms with van der Waals surface area (Å²) in [5.74, 6) is 0.595. The van der Waals surface area contributed by atoms with Crippen LogP contribution < -0.4 is 0 Å². The van der Waals surface area contributed by atoms with E-state index in [1.807, 2.05) is 5.38 Å². The summed E-state index contributed by atoms with van der Waals surface area (Å²) in [5.41, 5.74) is 0. The molecule has 112 valence electrons. The maximum atomic E-state index is 10.8. The van der Waals surface area contributed by atoms with E-state index in [1.54, 1.807) is 17.5 Å². The molecular weight excluding hydrogens is 308 g/mol. The van der Waals surface area contributed by atoms with Gasteiger partial charge in [-0.05, 0) is 19.3 Å². The maximum Gasteiger partial charge on any atom is 0.313 e. The fourth-order valence-electron chi connectivity index (χ4n) is 2.29. The Hall–Kier alpha value is -1.41. The third-order valence-electron chi connectivity index (χ3n) is 3.39. The second kappa shape index (κ2) is 6.15. The number of nitrogens with zero attached hydrogens (tertiary/aromatic N) is 4. The van der Waals surface area contributed by atoms with E-state index in [4.69, 9.17) is 5.11 Å². The topological polar surface area (TPSA) is 80.9 Å². The van der Waals surface area contributed by atoms with Crippen molar-refractivity contribution in [1.82, 2.24) is 19.7 Å². The highest BCUT2D eigenvalue weighted by atomic mass is 32.2. The molecule has 6 nitrogen and oxygen atoms in total. The van der Waals surface area contributed by atoms with Crippen molar-refractivity contribution in [2.24, 2.45) is 0 Å². The van der Waals surface area contributed by atoms with E-state index in [1.165, 1.54) is 11.8 Å². The van der Waals surface area contributed by atoms with Gasteiger partial charge in [0.15, 0.2) is 5.16 Å². The first-order valence-electron chi connectivity index (χ1n) is 6.89. The van der Waals surface area contributed by atoms with Crippen molar-refractivity contribution in [3.05, 3.63) is 22.4 Å². The Labute approximate surface area is 130 Å². The summed E-state index contributed by atoms with van der Waals surface area (Å²) in [6, 6.07) is 0.0897. The zero-order chi connectivity index (χ0) is 14.8. The zero-order valence-corrected chi connectivity index (χ0v) is 13.2. The van der Waals surface area contributed by atoms with Gasteiger partial charge in [-0.3, -0.25) is 9.36 Å². The Balaban J connectivity index is 1.96. The molecule has 2 aromatic rings. The fraction of sp³-hybridized carbons (Fsp3) is 0.538. The molecule has 0 spiro atoms. The predicted octanol–water partition coefficient (Wildman–Crippen LogP) is 2.79. The fourth-order valence-corrected chi connectivity index (χ4v) is 3.82. The van der Waals surface area contributed by atoms with Crippen LogP contribution in [0.2, 0.25) is 0 Å². The van der Waals surface area contributed by atoms with Gasteiger partial charge < -0.3 is 5.11 Å². The van der Waals surface area contributed by atoms with Crippen LogP contribution in [0.3, 0.4) is 0 Å². The summed E-state index contributed by atoms with van der Waals surface area (Å²) >= 11 is 2.84. The van der Waals surface area contributed by atoms with Gasteiger partial charge in [0, 0.05) is 17.5 Å². The molecule has 1 saturated carbocycles. The SMILES string of the molecule is CCC(c1nccs1)n1c(SCC(=O)O)nnc1C1CC1. The molecule has 0 amide bonds. The standard InChI is InChI=1S/C13H16N4O2S2/c1-2-9(12-14-5-6-20-12)17-11(8-3-4-8)15-16-13(17)21-7-10(18)19/h5-6,8-9H,2-4,7H2,1H3,(H,18,19). The molecule has 8 heteroatoms. The van der Waals surface area contributed by atoms with Crippen molar-refractivity contribution in [2.75, 3.05) is 5.75 Å². The number of aromatic nitrogens is 4. The largest absolute Gasteiger partial charge is 0.481 e. The average Bonchev–Trinajstić information content (AvgIpc) is 3.01. The van der Waals surface area contributed by atoms with Crippen LogP contribution in [0, 0.1) is 0 Å². The minimum absolute atomic E-state index is 0.00287. The molecule has 2 aromatic heterocycles. The van der Waals surface area contributed by atoms with Crippen LogP contribution in [0.4, 0.5) is 0 Å². The van der Waals surface area contributed by atoms with Gasteiger partial charge in [0.25, 0.3) is 0 Å². The Morgan fingerprint density at radius 2 is 2.38 bits per heavy atom. The van der Waals surface area contributed by atoms with Gasteiger partial charge in [-0.15, -0.1) is 21.5 Å². The lowest BCUT2D eigenvalue weighted by atomic mass is 10.2. The Morgan fingerprint density at radius 3 is 2.95 bits per heavy atom. The first-order chi connectivity index (χ1) is 10.2. The van der Waals surface area contributed by atoms with Crippen molar-refractivity contribution in [3.8, 4) is 0 Å². The Kier molecular flexibility index (Phi) is 4.25. The summed E-state index contributed by atoms with van der Waals surface area (Å²) in [6.45, 7) is 2.11. The summed E-state index contributed by atoms with van der Waals surface area (Å²) in [6.07, 6.45) is 4.95. The van der Waals surface area contributed by atoms with E-state index in [0.29, 0.717) is 11.1 Å². The summed E-state index contributed by atoms with van der Waals surface area (Å²) in [5, 5.41) is 21.1. The van der Waals surface area contributed by atoms with Crippen LogP contribution in [0.25, 0.3) is 0 Å². The van der Waals surface area contributed by atoms with Gasteiger partial charge >= 0.3 is 5.97 Å². The molecule has 0 radical (unpaired) electrons. The lowest BCUT2D eigenvalue weighted by Crippen LogP contribution is -2.14. The van der Waals surface area contributed by atoms with Gasteiger partial charge in [-0.1, -0.05) is 18.7 Å². The van der Waals surface area contributed by atoms with E-state index in [2.05, 4.69) is 26.7 Å². The normalized spacial score (nSPS) is 16.0. The molecule has 0 aromatic carbocycles. The van der Waals surface area contributed by atoms with Crippen molar-refractivity contribution >= 4 is 29.1 Å². The minimum atomic E-state index is -0.843. The highest BCUT2D eigenvalue weighted by Crippen LogP contribution is 2.42. The molecule has 2 heterocycles. The molecule has 0 aliphatic heterocycles. The van der Waals surface area contributed by atoms with E-state index in [9.17, 15) is 4.79 Å². The van der Waals surface area contributed by atoms with Gasteiger partial charge in [-0.2, -0.15) is 0 Å².